The van der Waals surface area contributed by atoms with E-state index in [2.05, 4.69) is 6.58 Å². The minimum absolute atomic E-state index is 0.176. The van der Waals surface area contributed by atoms with Gasteiger partial charge in [-0.15, -0.1) is 6.58 Å². The van der Waals surface area contributed by atoms with E-state index in [0.717, 1.165) is 25.7 Å². The fourth-order valence-electron chi connectivity index (χ4n) is 3.72. The van der Waals surface area contributed by atoms with Crippen molar-refractivity contribution in [1.82, 2.24) is 0 Å². The van der Waals surface area contributed by atoms with Crippen molar-refractivity contribution in [2.75, 3.05) is 13.2 Å². The molecular weight excluding hydrogens is 204 g/mol. The minimum atomic E-state index is -0.338. The molecule has 16 heavy (non-hydrogen) atoms. The normalized spacial score (nSPS) is 40.5. The van der Waals surface area contributed by atoms with E-state index in [1.807, 2.05) is 6.08 Å². The van der Waals surface area contributed by atoms with Crippen LogP contribution in [0.1, 0.15) is 25.7 Å². The summed E-state index contributed by atoms with van der Waals surface area (Å²) in [6.07, 6.45) is 5.22. The third kappa shape index (κ3) is 1.45. The van der Waals surface area contributed by atoms with Gasteiger partial charge in [-0.05, 0) is 18.3 Å². The molecule has 3 nitrogen and oxygen atoms in total. The van der Waals surface area contributed by atoms with Crippen molar-refractivity contribution in [3.8, 4) is 0 Å². The third-order valence-electron chi connectivity index (χ3n) is 4.35. The molecular formula is C13H18O3. The van der Waals surface area contributed by atoms with Gasteiger partial charge in [0.05, 0.1) is 13.2 Å². The molecule has 1 saturated heterocycles. The molecule has 1 aliphatic heterocycles. The smallest absolute Gasteiger partial charge is 0.169 e. The van der Waals surface area contributed by atoms with E-state index in [-0.39, 0.29) is 11.7 Å². The van der Waals surface area contributed by atoms with E-state index < -0.39 is 0 Å². The SMILES string of the molecule is C=CCC1C(=O)CC2CC3(CC21)OCCO3. The van der Waals surface area contributed by atoms with Crippen LogP contribution < -0.4 is 0 Å². The first-order chi connectivity index (χ1) is 7.74. The van der Waals surface area contributed by atoms with Crippen LogP contribution in [-0.4, -0.2) is 24.8 Å². The predicted octanol–water partition coefficient (Wildman–Crippen LogP) is 1.92. The van der Waals surface area contributed by atoms with Gasteiger partial charge < -0.3 is 9.47 Å². The van der Waals surface area contributed by atoms with Crippen molar-refractivity contribution in [3.63, 3.8) is 0 Å². The average Bonchev–Trinajstić information content (AvgIpc) is 2.89. The molecule has 0 amide bonds. The highest BCUT2D eigenvalue weighted by atomic mass is 16.7. The monoisotopic (exact) mass is 222 g/mol. The number of carbonyl (C=O) groups is 1. The highest BCUT2D eigenvalue weighted by molar-refractivity contribution is 5.84. The number of rotatable bonds is 2. The van der Waals surface area contributed by atoms with Gasteiger partial charge in [0, 0.05) is 25.2 Å². The van der Waals surface area contributed by atoms with Crippen LogP contribution >= 0.6 is 0 Å². The Balaban J connectivity index is 1.77. The summed E-state index contributed by atoms with van der Waals surface area (Å²) in [6.45, 7) is 5.16. The fourth-order valence-corrected chi connectivity index (χ4v) is 3.72. The number of allylic oxidation sites excluding steroid dienone is 1. The maximum atomic E-state index is 11.9. The highest BCUT2D eigenvalue weighted by Crippen LogP contribution is 2.53. The van der Waals surface area contributed by atoms with Gasteiger partial charge in [0.15, 0.2) is 5.79 Å². The van der Waals surface area contributed by atoms with E-state index in [0.29, 0.717) is 30.8 Å². The Morgan fingerprint density at radius 3 is 2.81 bits per heavy atom. The first kappa shape index (κ1) is 10.5. The Labute approximate surface area is 95.8 Å². The summed E-state index contributed by atoms with van der Waals surface area (Å²) >= 11 is 0. The van der Waals surface area contributed by atoms with Gasteiger partial charge in [0.25, 0.3) is 0 Å². The zero-order valence-electron chi connectivity index (χ0n) is 9.48. The lowest BCUT2D eigenvalue weighted by Gasteiger charge is -2.23. The largest absolute Gasteiger partial charge is 0.348 e. The number of hydrogen-bond donors (Lipinski definition) is 0. The Bertz CT molecular complexity index is 317. The zero-order chi connectivity index (χ0) is 11.2. The first-order valence-corrected chi connectivity index (χ1v) is 6.16. The molecule has 3 atom stereocenters. The van der Waals surface area contributed by atoms with Crippen LogP contribution in [-0.2, 0) is 14.3 Å². The van der Waals surface area contributed by atoms with Crippen LogP contribution in [0.25, 0.3) is 0 Å². The molecule has 2 aliphatic carbocycles. The number of Topliss-reactive ketones (excluding diaryl/α,β-unsaturated/α-hetero) is 1. The Kier molecular flexibility index (Phi) is 2.41. The van der Waals surface area contributed by atoms with Crippen LogP contribution in [0.2, 0.25) is 0 Å². The molecule has 0 aromatic rings. The number of carbonyl (C=O) groups excluding carboxylic acids is 1. The lowest BCUT2D eigenvalue weighted by molar-refractivity contribution is -0.157. The lowest BCUT2D eigenvalue weighted by atomic mass is 9.89. The van der Waals surface area contributed by atoms with Crippen molar-refractivity contribution in [1.29, 1.82) is 0 Å². The van der Waals surface area contributed by atoms with Crippen molar-refractivity contribution in [2.24, 2.45) is 17.8 Å². The van der Waals surface area contributed by atoms with Crippen LogP contribution in [0.5, 0.6) is 0 Å². The van der Waals surface area contributed by atoms with E-state index in [1.165, 1.54) is 0 Å². The van der Waals surface area contributed by atoms with Crippen molar-refractivity contribution in [2.45, 2.75) is 31.5 Å². The lowest BCUT2D eigenvalue weighted by Crippen LogP contribution is -2.28. The molecule has 3 rings (SSSR count). The summed E-state index contributed by atoms with van der Waals surface area (Å²) in [5.41, 5.74) is 0. The molecule has 3 fully saturated rings. The summed E-state index contributed by atoms with van der Waals surface area (Å²) in [7, 11) is 0. The van der Waals surface area contributed by atoms with E-state index in [1.54, 1.807) is 0 Å². The Morgan fingerprint density at radius 2 is 2.12 bits per heavy atom. The van der Waals surface area contributed by atoms with Gasteiger partial charge in [0.1, 0.15) is 5.78 Å². The second kappa shape index (κ2) is 3.67. The van der Waals surface area contributed by atoms with Crippen molar-refractivity contribution >= 4 is 5.78 Å². The van der Waals surface area contributed by atoms with E-state index in [4.69, 9.17) is 9.47 Å². The van der Waals surface area contributed by atoms with Gasteiger partial charge in [-0.3, -0.25) is 4.79 Å². The first-order valence-electron chi connectivity index (χ1n) is 6.16. The fraction of sp³-hybridized carbons (Fsp3) is 0.769. The van der Waals surface area contributed by atoms with E-state index >= 15 is 0 Å². The summed E-state index contributed by atoms with van der Waals surface area (Å²) in [5.74, 6) is 1.20. The molecule has 3 heteroatoms. The predicted molar refractivity (Wildman–Crippen MR) is 58.8 cm³/mol. The topological polar surface area (TPSA) is 35.5 Å². The van der Waals surface area contributed by atoms with Crippen LogP contribution in [0.4, 0.5) is 0 Å². The molecule has 0 bridgehead atoms. The number of hydrogen-bond acceptors (Lipinski definition) is 3. The Hall–Kier alpha value is -0.670. The van der Waals surface area contributed by atoms with Crippen LogP contribution in [0.15, 0.2) is 12.7 Å². The van der Waals surface area contributed by atoms with Gasteiger partial charge in [0.2, 0.25) is 0 Å². The zero-order valence-corrected chi connectivity index (χ0v) is 9.48. The van der Waals surface area contributed by atoms with Gasteiger partial charge in [-0.1, -0.05) is 6.08 Å². The van der Waals surface area contributed by atoms with Gasteiger partial charge in [-0.2, -0.15) is 0 Å². The standard InChI is InChI=1S/C13H18O3/c1-2-3-10-11-8-13(15-4-5-16-13)7-9(11)6-12(10)14/h2,9-11H,1,3-8H2. The second-order valence-corrected chi connectivity index (χ2v) is 5.24. The van der Waals surface area contributed by atoms with Gasteiger partial charge in [-0.25, -0.2) is 0 Å². The quantitative estimate of drug-likeness (QED) is 0.670. The number of fused-ring (bicyclic) bond motifs is 1. The molecule has 1 heterocycles. The van der Waals surface area contributed by atoms with Gasteiger partial charge >= 0.3 is 0 Å². The molecule has 0 aromatic heterocycles. The maximum Gasteiger partial charge on any atom is 0.169 e. The number of ether oxygens (including phenoxy) is 2. The van der Waals surface area contributed by atoms with Crippen molar-refractivity contribution < 1.29 is 14.3 Å². The second-order valence-electron chi connectivity index (χ2n) is 5.24. The summed E-state index contributed by atoms with van der Waals surface area (Å²) in [6, 6.07) is 0. The average molecular weight is 222 g/mol. The highest BCUT2D eigenvalue weighted by Gasteiger charge is 2.56. The molecule has 0 aromatic carbocycles. The maximum absolute atomic E-state index is 11.9. The number of ketones is 1. The molecule has 0 N–H and O–H groups in total. The van der Waals surface area contributed by atoms with Crippen molar-refractivity contribution in [3.05, 3.63) is 12.7 Å². The minimum Gasteiger partial charge on any atom is -0.348 e. The molecule has 1 spiro atoms. The van der Waals surface area contributed by atoms with Crippen LogP contribution in [0.3, 0.4) is 0 Å². The molecule has 3 aliphatic rings. The summed E-state index contributed by atoms with van der Waals surface area (Å²) in [5, 5.41) is 0. The third-order valence-corrected chi connectivity index (χ3v) is 4.35. The molecule has 88 valence electrons. The van der Waals surface area contributed by atoms with Crippen LogP contribution in [0, 0.1) is 17.8 Å². The summed E-state index contributed by atoms with van der Waals surface area (Å²) in [4.78, 5) is 11.9. The summed E-state index contributed by atoms with van der Waals surface area (Å²) < 4.78 is 11.5. The molecule has 2 saturated carbocycles. The Morgan fingerprint density at radius 1 is 1.38 bits per heavy atom. The molecule has 3 unspecified atom stereocenters. The molecule has 0 radical (unpaired) electrons. The van der Waals surface area contributed by atoms with E-state index in [9.17, 15) is 4.79 Å².